The molecule has 3 heterocycles. The minimum atomic E-state index is -0.0965. The number of nitrogens with zero attached hydrogens (tertiary/aromatic N) is 5. The predicted octanol–water partition coefficient (Wildman–Crippen LogP) is 2.76. The smallest absolute Gasteiger partial charge is 0.255 e. The topological polar surface area (TPSA) is 73.1 Å². The third kappa shape index (κ3) is 3.85. The largest absolute Gasteiger partial charge is 0.383 e. The summed E-state index contributed by atoms with van der Waals surface area (Å²) in [5.74, 6) is -0.0965. The Morgan fingerprint density at radius 3 is 2.88 bits per heavy atom. The molecule has 7 nitrogen and oxygen atoms in total. The van der Waals surface area contributed by atoms with Gasteiger partial charge < -0.3 is 14.2 Å². The highest BCUT2D eigenvalue weighted by atomic mass is 32.1. The number of imidazole rings is 1. The van der Waals surface area contributed by atoms with Crippen LogP contribution in [0.5, 0.6) is 0 Å². The zero-order valence-corrected chi connectivity index (χ0v) is 15.4. The normalized spacial score (nSPS) is 11.4. The van der Waals surface area contributed by atoms with Gasteiger partial charge in [0.05, 0.1) is 25.0 Å². The molecule has 0 saturated heterocycles. The number of amides is 1. The summed E-state index contributed by atoms with van der Waals surface area (Å²) < 4.78 is 7.12. The van der Waals surface area contributed by atoms with E-state index in [0.717, 1.165) is 16.2 Å². The van der Waals surface area contributed by atoms with E-state index in [-0.39, 0.29) is 11.9 Å². The Morgan fingerprint density at radius 2 is 2.20 bits per heavy atom. The second-order valence-corrected chi connectivity index (χ2v) is 6.94. The molecule has 0 N–H and O–H groups in total. The number of ether oxygens (including phenoxy) is 1. The molecule has 8 heteroatoms. The molecule has 0 spiro atoms. The molecule has 0 atom stereocenters. The van der Waals surface area contributed by atoms with Gasteiger partial charge in [0.15, 0.2) is 5.65 Å². The molecule has 3 aromatic heterocycles. The second kappa shape index (κ2) is 7.71. The number of fused-ring (bicyclic) bond motifs is 1. The van der Waals surface area contributed by atoms with E-state index in [1.54, 1.807) is 36.8 Å². The van der Waals surface area contributed by atoms with E-state index in [1.165, 1.54) is 11.3 Å². The first-order valence-electron chi connectivity index (χ1n) is 8.09. The van der Waals surface area contributed by atoms with E-state index >= 15 is 0 Å². The fourth-order valence-electron chi connectivity index (χ4n) is 2.54. The van der Waals surface area contributed by atoms with Gasteiger partial charge in [0.2, 0.25) is 0 Å². The van der Waals surface area contributed by atoms with Crippen molar-refractivity contribution in [2.45, 2.75) is 26.4 Å². The molecule has 0 aliphatic rings. The number of methoxy groups -OCH3 is 1. The highest BCUT2D eigenvalue weighted by Crippen LogP contribution is 2.18. The highest BCUT2D eigenvalue weighted by Gasteiger charge is 2.19. The molecule has 0 bridgehead atoms. The molecule has 0 saturated carbocycles. The van der Waals surface area contributed by atoms with Crippen molar-refractivity contribution in [1.82, 2.24) is 24.4 Å². The molecule has 0 fully saturated rings. The number of carbonyl (C=O) groups is 1. The van der Waals surface area contributed by atoms with Crippen LogP contribution in [0.2, 0.25) is 0 Å². The van der Waals surface area contributed by atoms with Gasteiger partial charge in [-0.15, -0.1) is 11.3 Å². The summed E-state index contributed by atoms with van der Waals surface area (Å²) >= 11 is 1.53. The lowest BCUT2D eigenvalue weighted by molar-refractivity contribution is 0.0680. The van der Waals surface area contributed by atoms with E-state index in [0.29, 0.717) is 25.3 Å². The van der Waals surface area contributed by atoms with Gasteiger partial charge in [-0.2, -0.15) is 0 Å². The third-order valence-electron chi connectivity index (χ3n) is 3.88. The van der Waals surface area contributed by atoms with Gasteiger partial charge in [-0.25, -0.2) is 15.0 Å². The van der Waals surface area contributed by atoms with Crippen molar-refractivity contribution >= 4 is 28.4 Å². The Hall–Kier alpha value is -2.32. The zero-order valence-electron chi connectivity index (χ0n) is 14.5. The lowest BCUT2D eigenvalue weighted by Gasteiger charge is -2.21. The molecule has 0 aliphatic carbocycles. The van der Waals surface area contributed by atoms with Crippen molar-refractivity contribution in [3.8, 4) is 0 Å². The Bertz CT molecular complexity index is 844. The van der Waals surface area contributed by atoms with Crippen LogP contribution in [-0.2, 0) is 11.3 Å². The number of hydrogen-bond donors (Lipinski definition) is 0. The van der Waals surface area contributed by atoms with Crippen molar-refractivity contribution < 1.29 is 9.53 Å². The Labute approximate surface area is 150 Å². The number of pyridine rings is 1. The lowest BCUT2D eigenvalue weighted by Crippen LogP contribution is -2.33. The van der Waals surface area contributed by atoms with Gasteiger partial charge in [0, 0.05) is 37.5 Å². The third-order valence-corrected chi connectivity index (χ3v) is 4.64. The minimum absolute atomic E-state index is 0.0965. The van der Waals surface area contributed by atoms with Crippen molar-refractivity contribution in [2.24, 2.45) is 0 Å². The molecule has 0 unspecified atom stereocenters. The summed E-state index contributed by atoms with van der Waals surface area (Å²) in [5.41, 5.74) is 2.03. The van der Waals surface area contributed by atoms with E-state index in [4.69, 9.17) is 4.74 Å². The van der Waals surface area contributed by atoms with Crippen LogP contribution in [0.4, 0.5) is 0 Å². The summed E-state index contributed by atoms with van der Waals surface area (Å²) in [5, 5.41) is 2.79. The van der Waals surface area contributed by atoms with Crippen LogP contribution < -0.4 is 0 Å². The summed E-state index contributed by atoms with van der Waals surface area (Å²) in [4.78, 5) is 27.8. The molecule has 25 heavy (non-hydrogen) atoms. The molecule has 1 amide bonds. The quantitative estimate of drug-likeness (QED) is 0.648. The van der Waals surface area contributed by atoms with E-state index in [1.807, 2.05) is 9.95 Å². The van der Waals surface area contributed by atoms with Crippen LogP contribution in [0.25, 0.3) is 11.2 Å². The monoisotopic (exact) mass is 359 g/mol. The first kappa shape index (κ1) is 17.5. The molecular weight excluding hydrogens is 338 g/mol. The number of carbonyl (C=O) groups excluding carboxylic acids is 1. The molecule has 0 aliphatic heterocycles. The first-order chi connectivity index (χ1) is 12.1. The standard InChI is InChI=1S/C17H21N5O2S/c1-12(2)22-11-20-14-8-13(9-19-16(14)22)17(23)21(5-6-24-3)10-15-18-4-7-25-15/h4,7-9,11-12H,5-6,10H2,1-3H3. The van der Waals surface area contributed by atoms with Crippen molar-refractivity contribution in [1.29, 1.82) is 0 Å². The predicted molar refractivity (Wildman–Crippen MR) is 96.6 cm³/mol. The summed E-state index contributed by atoms with van der Waals surface area (Å²) in [7, 11) is 1.62. The van der Waals surface area contributed by atoms with Crippen LogP contribution in [0, 0.1) is 0 Å². The number of rotatable bonds is 7. The molecule has 0 radical (unpaired) electrons. The molecular formula is C17H21N5O2S. The summed E-state index contributed by atoms with van der Waals surface area (Å²) in [6.07, 6.45) is 5.12. The fourth-order valence-corrected chi connectivity index (χ4v) is 3.18. The van der Waals surface area contributed by atoms with Crippen molar-refractivity contribution in [3.63, 3.8) is 0 Å². The maximum atomic E-state index is 12.9. The maximum Gasteiger partial charge on any atom is 0.255 e. The van der Waals surface area contributed by atoms with Crippen molar-refractivity contribution in [2.75, 3.05) is 20.3 Å². The molecule has 132 valence electrons. The fraction of sp³-hybridized carbons (Fsp3) is 0.412. The van der Waals surface area contributed by atoms with Crippen LogP contribution >= 0.6 is 11.3 Å². The van der Waals surface area contributed by atoms with Crippen LogP contribution in [0.15, 0.2) is 30.2 Å². The van der Waals surface area contributed by atoms with E-state index in [2.05, 4.69) is 28.8 Å². The van der Waals surface area contributed by atoms with Crippen LogP contribution in [0.3, 0.4) is 0 Å². The van der Waals surface area contributed by atoms with Crippen LogP contribution in [0.1, 0.15) is 35.3 Å². The lowest BCUT2D eigenvalue weighted by atomic mass is 10.2. The average molecular weight is 359 g/mol. The summed E-state index contributed by atoms with van der Waals surface area (Å²) in [6, 6.07) is 2.06. The number of aromatic nitrogens is 4. The van der Waals surface area contributed by atoms with Gasteiger partial charge in [-0.1, -0.05) is 0 Å². The summed E-state index contributed by atoms with van der Waals surface area (Å²) in [6.45, 7) is 5.56. The Morgan fingerprint density at radius 1 is 1.36 bits per heavy atom. The average Bonchev–Trinajstić information content (AvgIpc) is 3.26. The Kier molecular flexibility index (Phi) is 5.40. The maximum absolute atomic E-state index is 12.9. The molecule has 3 rings (SSSR count). The van der Waals surface area contributed by atoms with Crippen LogP contribution in [-0.4, -0.2) is 50.6 Å². The van der Waals surface area contributed by atoms with Gasteiger partial charge in [0.1, 0.15) is 10.5 Å². The minimum Gasteiger partial charge on any atom is -0.383 e. The highest BCUT2D eigenvalue weighted by molar-refractivity contribution is 7.09. The first-order valence-corrected chi connectivity index (χ1v) is 8.97. The Balaban J connectivity index is 1.86. The number of thiazole rings is 1. The van der Waals surface area contributed by atoms with E-state index in [9.17, 15) is 4.79 Å². The van der Waals surface area contributed by atoms with E-state index < -0.39 is 0 Å². The molecule has 3 aromatic rings. The van der Waals surface area contributed by atoms with Gasteiger partial charge >= 0.3 is 0 Å². The van der Waals surface area contributed by atoms with Gasteiger partial charge in [-0.3, -0.25) is 4.79 Å². The van der Waals surface area contributed by atoms with Gasteiger partial charge in [0.25, 0.3) is 5.91 Å². The van der Waals surface area contributed by atoms with Gasteiger partial charge in [-0.05, 0) is 19.9 Å². The number of hydrogen-bond acceptors (Lipinski definition) is 6. The second-order valence-electron chi connectivity index (χ2n) is 5.96. The molecule has 0 aromatic carbocycles. The SMILES string of the molecule is COCCN(Cc1nccs1)C(=O)c1cnc2c(c1)ncn2C(C)C. The van der Waals surface area contributed by atoms with Crippen molar-refractivity contribution in [3.05, 3.63) is 40.7 Å². The zero-order chi connectivity index (χ0) is 17.8.